The van der Waals surface area contributed by atoms with E-state index in [-0.39, 0.29) is 18.2 Å². The van der Waals surface area contributed by atoms with Crippen LogP contribution in [0.4, 0.5) is 0 Å². The Bertz CT molecular complexity index is 436. The molecular weight excluding hydrogens is 246 g/mol. The van der Waals surface area contributed by atoms with Crippen LogP contribution in [0.3, 0.4) is 0 Å². The summed E-state index contributed by atoms with van der Waals surface area (Å²) in [5.74, 6) is -0.927. The van der Waals surface area contributed by atoms with E-state index in [0.717, 1.165) is 0 Å². The van der Waals surface area contributed by atoms with Crippen molar-refractivity contribution in [1.82, 2.24) is 9.97 Å². The van der Waals surface area contributed by atoms with E-state index >= 15 is 0 Å². The minimum Gasteiger partial charge on any atom is -0.443 e. The van der Waals surface area contributed by atoms with Crippen molar-refractivity contribution < 1.29 is 29.6 Å². The van der Waals surface area contributed by atoms with Crippen molar-refractivity contribution >= 4 is 5.91 Å². The molecule has 2 rings (SSSR count). The first kappa shape index (κ1) is 12.8. The summed E-state index contributed by atoms with van der Waals surface area (Å²) in [4.78, 5) is 17.2. The van der Waals surface area contributed by atoms with Crippen molar-refractivity contribution in [3.05, 3.63) is 12.0 Å². The average Bonchev–Trinajstić information content (AvgIpc) is 2.78. The number of hydrogen-bond donors (Lipinski definition) is 5. The molecule has 6 N–H and O–H groups in total. The lowest BCUT2D eigenvalue weighted by atomic mass is 10.1. The van der Waals surface area contributed by atoms with E-state index in [4.69, 9.17) is 15.2 Å². The Hall–Kier alpha value is -1.68. The molecule has 1 saturated heterocycles. The van der Waals surface area contributed by atoms with Crippen LogP contribution in [0.1, 0.15) is 10.5 Å². The molecule has 0 aromatic carbocycles. The first-order valence-electron chi connectivity index (χ1n) is 5.16. The standard InChI is InChI=1S/C9H13N3O6/c10-7(16)4-8(12-2-11-4)18-9-6(15)5(14)3(13)1-17-9/h2-3,5-6,9,13-15H,1H2,(H2,10,16)(H,11,12)/t3-,5+,6+,9-/m1/s1. The Morgan fingerprint density at radius 1 is 1.50 bits per heavy atom. The van der Waals surface area contributed by atoms with Gasteiger partial charge in [0, 0.05) is 0 Å². The van der Waals surface area contributed by atoms with Gasteiger partial charge in [0.1, 0.15) is 18.3 Å². The van der Waals surface area contributed by atoms with Crippen molar-refractivity contribution in [2.45, 2.75) is 24.6 Å². The molecule has 9 nitrogen and oxygen atoms in total. The molecule has 9 heteroatoms. The molecule has 0 unspecified atom stereocenters. The van der Waals surface area contributed by atoms with E-state index in [1.165, 1.54) is 6.33 Å². The number of aliphatic hydroxyl groups excluding tert-OH is 3. The molecule has 0 saturated carbocycles. The number of aromatic nitrogens is 2. The Labute approximate surface area is 101 Å². The fraction of sp³-hybridized carbons (Fsp3) is 0.556. The molecule has 1 amide bonds. The van der Waals surface area contributed by atoms with Crippen molar-refractivity contribution in [2.24, 2.45) is 5.73 Å². The number of rotatable bonds is 3. The van der Waals surface area contributed by atoms with Gasteiger partial charge in [-0.15, -0.1) is 0 Å². The van der Waals surface area contributed by atoms with Gasteiger partial charge in [0.25, 0.3) is 5.91 Å². The van der Waals surface area contributed by atoms with E-state index in [1.807, 2.05) is 0 Å². The number of hydrogen-bond acceptors (Lipinski definition) is 7. The summed E-state index contributed by atoms with van der Waals surface area (Å²) in [5.41, 5.74) is 4.99. The Balaban J connectivity index is 2.09. The number of nitrogens with one attached hydrogen (secondary N) is 1. The van der Waals surface area contributed by atoms with Gasteiger partial charge in [-0.3, -0.25) is 4.79 Å². The van der Waals surface area contributed by atoms with Crippen LogP contribution in [0.2, 0.25) is 0 Å². The molecule has 1 aliphatic rings. The second kappa shape index (κ2) is 4.90. The number of amides is 1. The third-order valence-electron chi connectivity index (χ3n) is 2.53. The number of aliphatic hydroxyl groups is 3. The van der Waals surface area contributed by atoms with Crippen molar-refractivity contribution in [2.75, 3.05) is 6.61 Å². The molecule has 0 aliphatic carbocycles. The summed E-state index contributed by atoms with van der Waals surface area (Å²) in [7, 11) is 0. The van der Waals surface area contributed by atoms with Gasteiger partial charge < -0.3 is 35.5 Å². The summed E-state index contributed by atoms with van der Waals surface area (Å²) in [6, 6.07) is 0. The predicted molar refractivity (Wildman–Crippen MR) is 55.5 cm³/mol. The number of primary amides is 1. The molecular formula is C9H13N3O6. The molecule has 18 heavy (non-hydrogen) atoms. The first-order chi connectivity index (χ1) is 8.50. The second-order valence-corrected chi connectivity index (χ2v) is 3.82. The lowest BCUT2D eigenvalue weighted by Gasteiger charge is -2.34. The predicted octanol–water partition coefficient (Wildman–Crippen LogP) is -2.67. The average molecular weight is 259 g/mol. The van der Waals surface area contributed by atoms with Crippen LogP contribution in [-0.2, 0) is 4.74 Å². The monoisotopic (exact) mass is 259 g/mol. The lowest BCUT2D eigenvalue weighted by molar-refractivity contribution is -0.242. The van der Waals surface area contributed by atoms with Gasteiger partial charge in [0.2, 0.25) is 12.2 Å². The van der Waals surface area contributed by atoms with E-state index in [2.05, 4.69) is 9.97 Å². The Morgan fingerprint density at radius 2 is 2.22 bits per heavy atom. The normalized spacial score (nSPS) is 32.2. The van der Waals surface area contributed by atoms with Gasteiger partial charge in [-0.1, -0.05) is 0 Å². The molecule has 2 heterocycles. The lowest BCUT2D eigenvalue weighted by Crippen LogP contribution is -2.54. The number of aromatic amines is 1. The van der Waals surface area contributed by atoms with E-state index in [1.54, 1.807) is 0 Å². The first-order valence-corrected chi connectivity index (χ1v) is 5.16. The minimum absolute atomic E-state index is 0.0774. The quantitative estimate of drug-likeness (QED) is 0.397. The summed E-state index contributed by atoms with van der Waals surface area (Å²) in [6.07, 6.45) is -4.12. The topological polar surface area (TPSA) is 151 Å². The van der Waals surface area contributed by atoms with E-state index < -0.39 is 30.5 Å². The van der Waals surface area contributed by atoms with Crippen molar-refractivity contribution in [3.63, 3.8) is 0 Å². The largest absolute Gasteiger partial charge is 0.443 e. The van der Waals surface area contributed by atoms with Gasteiger partial charge in [-0.2, -0.15) is 0 Å². The zero-order chi connectivity index (χ0) is 13.3. The Morgan fingerprint density at radius 3 is 2.89 bits per heavy atom. The van der Waals surface area contributed by atoms with Crippen LogP contribution in [-0.4, -0.2) is 62.4 Å². The maximum absolute atomic E-state index is 11.0. The zero-order valence-electron chi connectivity index (χ0n) is 9.18. The number of nitrogens with zero attached hydrogens (tertiary/aromatic N) is 1. The van der Waals surface area contributed by atoms with Crippen LogP contribution in [0.15, 0.2) is 6.33 Å². The molecule has 1 fully saturated rings. The highest BCUT2D eigenvalue weighted by molar-refractivity contribution is 5.93. The Kier molecular flexibility index (Phi) is 3.48. The maximum Gasteiger partial charge on any atom is 0.270 e. The van der Waals surface area contributed by atoms with Gasteiger partial charge >= 0.3 is 0 Å². The fourth-order valence-corrected chi connectivity index (χ4v) is 1.54. The highest BCUT2D eigenvalue weighted by Crippen LogP contribution is 2.20. The summed E-state index contributed by atoms with van der Waals surface area (Å²) < 4.78 is 10.1. The van der Waals surface area contributed by atoms with Gasteiger partial charge in [0.15, 0.2) is 5.69 Å². The highest BCUT2D eigenvalue weighted by Gasteiger charge is 2.39. The summed E-state index contributed by atoms with van der Waals surface area (Å²) in [6.45, 7) is -0.209. The number of imidazole rings is 1. The SMILES string of the molecule is NC(=O)c1[nH]cnc1O[C@H]1OC[C@@H](O)[C@H](O)[C@@H]1O. The number of carbonyl (C=O) groups is 1. The van der Waals surface area contributed by atoms with Crippen LogP contribution in [0.25, 0.3) is 0 Å². The van der Waals surface area contributed by atoms with Gasteiger partial charge in [-0.25, -0.2) is 4.98 Å². The maximum atomic E-state index is 11.0. The molecule has 0 radical (unpaired) electrons. The van der Waals surface area contributed by atoms with E-state index in [0.29, 0.717) is 0 Å². The van der Waals surface area contributed by atoms with Crippen LogP contribution in [0.5, 0.6) is 5.88 Å². The third-order valence-corrected chi connectivity index (χ3v) is 2.53. The molecule has 1 aromatic heterocycles. The van der Waals surface area contributed by atoms with Gasteiger partial charge in [0.05, 0.1) is 12.9 Å². The van der Waals surface area contributed by atoms with Crippen molar-refractivity contribution in [3.8, 4) is 5.88 Å². The third kappa shape index (κ3) is 2.29. The summed E-state index contributed by atoms with van der Waals surface area (Å²) >= 11 is 0. The highest BCUT2D eigenvalue weighted by atomic mass is 16.7. The number of ether oxygens (including phenoxy) is 2. The van der Waals surface area contributed by atoms with E-state index in [9.17, 15) is 20.1 Å². The van der Waals surface area contributed by atoms with Crippen LogP contribution < -0.4 is 10.5 Å². The van der Waals surface area contributed by atoms with Crippen LogP contribution in [0, 0.1) is 0 Å². The molecule has 0 spiro atoms. The second-order valence-electron chi connectivity index (χ2n) is 3.82. The van der Waals surface area contributed by atoms with Gasteiger partial charge in [-0.05, 0) is 0 Å². The fourth-order valence-electron chi connectivity index (χ4n) is 1.54. The molecule has 1 aliphatic heterocycles. The smallest absolute Gasteiger partial charge is 0.270 e. The van der Waals surface area contributed by atoms with Crippen LogP contribution >= 0.6 is 0 Å². The zero-order valence-corrected chi connectivity index (χ0v) is 9.18. The molecule has 100 valence electrons. The number of nitrogens with two attached hydrogens (primary N) is 1. The molecule has 1 aromatic rings. The molecule has 0 bridgehead atoms. The van der Waals surface area contributed by atoms with Crippen molar-refractivity contribution in [1.29, 1.82) is 0 Å². The number of carbonyl (C=O) groups excluding carboxylic acids is 1. The summed E-state index contributed by atoms with van der Waals surface area (Å²) in [5, 5.41) is 28.3. The molecule has 4 atom stereocenters. The number of H-pyrrole nitrogens is 1. The minimum atomic E-state index is -1.47.